The SMILES string of the molecule is Cc1ncc(CNc2n[nH]c3cc(Cl)c(-c4ccccc4)cc23)[nH]1.Cc1nn(-c2ccccc2)c(C)c1Cn1ncc2cc(-c3ccccc3)c(Cl)cc21. The summed E-state index contributed by atoms with van der Waals surface area (Å²) in [6.07, 6.45) is 3.73. The third-order valence-corrected chi connectivity index (χ3v) is 10.1. The number of anilines is 1. The lowest BCUT2D eigenvalue weighted by molar-refractivity contribution is 0.705. The Morgan fingerprint density at radius 3 is 2.06 bits per heavy atom. The zero-order chi connectivity index (χ0) is 37.2. The van der Waals surface area contributed by atoms with Gasteiger partial charge in [-0.3, -0.25) is 9.78 Å². The molecular formula is C43H37Cl2N9. The Hall–Kier alpha value is -6.16. The van der Waals surface area contributed by atoms with Crippen molar-refractivity contribution in [1.29, 1.82) is 0 Å². The fourth-order valence-electron chi connectivity index (χ4n) is 6.69. The van der Waals surface area contributed by atoms with E-state index >= 15 is 0 Å². The molecule has 4 heterocycles. The minimum absolute atomic E-state index is 0.629. The Bertz CT molecular complexity index is 2690. The molecule has 9 nitrogen and oxygen atoms in total. The van der Waals surface area contributed by atoms with Crippen molar-refractivity contribution in [3.05, 3.63) is 166 Å². The first-order valence-electron chi connectivity index (χ1n) is 17.6. The Labute approximate surface area is 322 Å². The van der Waals surface area contributed by atoms with Crippen LogP contribution in [0.4, 0.5) is 5.82 Å². The van der Waals surface area contributed by atoms with Crippen LogP contribution in [0.25, 0.3) is 49.7 Å². The van der Waals surface area contributed by atoms with E-state index in [9.17, 15) is 0 Å². The summed E-state index contributed by atoms with van der Waals surface area (Å²) < 4.78 is 4.00. The zero-order valence-electron chi connectivity index (χ0n) is 30.0. The van der Waals surface area contributed by atoms with Crippen molar-refractivity contribution < 1.29 is 0 Å². The lowest BCUT2D eigenvalue weighted by atomic mass is 10.0. The smallest absolute Gasteiger partial charge is 0.156 e. The molecule has 0 bridgehead atoms. The fraction of sp³-hybridized carbons (Fsp3) is 0.116. The number of imidazole rings is 1. The van der Waals surface area contributed by atoms with Crippen LogP contribution in [-0.4, -0.2) is 39.7 Å². The molecule has 268 valence electrons. The van der Waals surface area contributed by atoms with E-state index in [1.54, 1.807) is 0 Å². The van der Waals surface area contributed by atoms with E-state index in [2.05, 4.69) is 73.9 Å². The number of nitrogens with one attached hydrogen (secondary N) is 3. The summed E-state index contributed by atoms with van der Waals surface area (Å²) >= 11 is 13.1. The molecule has 0 spiro atoms. The minimum atomic E-state index is 0.629. The number of H-pyrrole nitrogens is 2. The Kier molecular flexibility index (Phi) is 9.73. The van der Waals surface area contributed by atoms with Gasteiger partial charge in [0.2, 0.25) is 0 Å². The normalized spacial score (nSPS) is 11.2. The molecule has 0 aliphatic carbocycles. The highest BCUT2D eigenvalue weighted by Gasteiger charge is 2.16. The molecule has 11 heteroatoms. The van der Waals surface area contributed by atoms with Gasteiger partial charge in [-0.15, -0.1) is 0 Å². The highest BCUT2D eigenvalue weighted by Crippen LogP contribution is 2.35. The molecule has 0 amide bonds. The van der Waals surface area contributed by atoms with Crippen molar-refractivity contribution in [2.75, 3.05) is 5.32 Å². The van der Waals surface area contributed by atoms with Gasteiger partial charge in [0.1, 0.15) is 5.82 Å². The fourth-order valence-corrected chi connectivity index (χ4v) is 7.23. The van der Waals surface area contributed by atoms with E-state index in [-0.39, 0.29) is 0 Å². The second kappa shape index (κ2) is 15.1. The minimum Gasteiger partial charge on any atom is -0.362 e. The average Bonchev–Trinajstić information content (AvgIpc) is 3.98. The maximum atomic E-state index is 6.66. The monoisotopic (exact) mass is 749 g/mol. The van der Waals surface area contributed by atoms with Gasteiger partial charge in [0.15, 0.2) is 5.82 Å². The lowest BCUT2D eigenvalue weighted by Gasteiger charge is -2.08. The molecule has 9 aromatic rings. The van der Waals surface area contributed by atoms with Gasteiger partial charge < -0.3 is 10.3 Å². The molecule has 0 aliphatic heterocycles. The maximum Gasteiger partial charge on any atom is 0.156 e. The van der Waals surface area contributed by atoms with Gasteiger partial charge in [-0.1, -0.05) is 102 Å². The second-order valence-corrected chi connectivity index (χ2v) is 13.9. The van der Waals surface area contributed by atoms with E-state index < -0.39 is 0 Å². The van der Waals surface area contributed by atoms with Gasteiger partial charge in [0.25, 0.3) is 0 Å². The molecule has 0 aliphatic rings. The van der Waals surface area contributed by atoms with E-state index in [0.717, 1.165) is 83.5 Å². The third-order valence-electron chi connectivity index (χ3n) is 9.50. The number of benzene rings is 5. The number of halogens is 2. The summed E-state index contributed by atoms with van der Waals surface area (Å²) in [7, 11) is 0. The summed E-state index contributed by atoms with van der Waals surface area (Å²) in [5.41, 5.74) is 11.5. The summed E-state index contributed by atoms with van der Waals surface area (Å²) in [5, 5.41) is 23.7. The van der Waals surface area contributed by atoms with Gasteiger partial charge in [-0.25, -0.2) is 9.67 Å². The van der Waals surface area contributed by atoms with Crippen LogP contribution < -0.4 is 5.32 Å². The summed E-state index contributed by atoms with van der Waals surface area (Å²) in [6, 6.07) is 38.6. The van der Waals surface area contributed by atoms with Crippen molar-refractivity contribution >= 4 is 50.8 Å². The predicted molar refractivity (Wildman–Crippen MR) is 220 cm³/mol. The van der Waals surface area contributed by atoms with Crippen LogP contribution in [0.15, 0.2) is 128 Å². The standard InChI is InChI=1S/C25H21ClN4.C18H16ClN5/c1-17-23(18(2)30(28-17)21-11-7-4-8-12-21)16-29-25-14-24(26)22(13-20(25)15-27-29)19-9-5-3-6-10-19;1-11-20-9-13(22-11)10-21-18-15-7-14(12-5-3-2-4-6-12)16(19)8-17(15)23-24-18/h3-15H,16H2,1-2H3;2-9H,10H2,1H3,(H,20,22)(H2,21,23,24). The number of aryl methyl sites for hydroxylation is 2. The molecule has 0 saturated heterocycles. The summed E-state index contributed by atoms with van der Waals surface area (Å²) in [5.74, 6) is 1.70. The number of hydrogen-bond acceptors (Lipinski definition) is 5. The van der Waals surface area contributed by atoms with Crippen LogP contribution in [0.5, 0.6) is 0 Å². The van der Waals surface area contributed by atoms with Gasteiger partial charge in [-0.2, -0.15) is 15.3 Å². The summed E-state index contributed by atoms with van der Waals surface area (Å²) in [4.78, 5) is 7.40. The third kappa shape index (κ3) is 7.11. The summed E-state index contributed by atoms with van der Waals surface area (Å²) in [6.45, 7) is 7.36. The van der Waals surface area contributed by atoms with Crippen molar-refractivity contribution in [3.8, 4) is 27.9 Å². The number of aromatic nitrogens is 8. The van der Waals surface area contributed by atoms with Crippen LogP contribution in [0.2, 0.25) is 10.0 Å². The van der Waals surface area contributed by atoms with Crippen molar-refractivity contribution in [2.45, 2.75) is 33.9 Å². The van der Waals surface area contributed by atoms with Crippen LogP contribution in [0.1, 0.15) is 28.5 Å². The quantitative estimate of drug-likeness (QED) is 0.143. The topological polar surface area (TPSA) is 105 Å². The molecule has 54 heavy (non-hydrogen) atoms. The number of hydrogen-bond donors (Lipinski definition) is 3. The van der Waals surface area contributed by atoms with Crippen LogP contribution >= 0.6 is 23.2 Å². The Balaban J connectivity index is 0.000000157. The van der Waals surface area contributed by atoms with Crippen LogP contribution in [-0.2, 0) is 13.1 Å². The van der Waals surface area contributed by atoms with E-state index in [1.165, 1.54) is 5.56 Å². The van der Waals surface area contributed by atoms with E-state index in [4.69, 9.17) is 28.3 Å². The second-order valence-electron chi connectivity index (χ2n) is 13.1. The van der Waals surface area contributed by atoms with Crippen molar-refractivity contribution in [2.24, 2.45) is 0 Å². The highest BCUT2D eigenvalue weighted by atomic mass is 35.5. The Morgan fingerprint density at radius 1 is 0.741 bits per heavy atom. The van der Waals surface area contributed by atoms with Crippen LogP contribution in [0, 0.1) is 20.8 Å². The number of nitrogens with zero attached hydrogens (tertiary/aromatic N) is 6. The molecule has 0 fully saturated rings. The molecule has 4 aromatic heterocycles. The molecule has 9 rings (SSSR count). The number of para-hydroxylation sites is 1. The van der Waals surface area contributed by atoms with Gasteiger partial charge in [0.05, 0.1) is 63.6 Å². The number of aromatic amines is 2. The van der Waals surface area contributed by atoms with Crippen molar-refractivity contribution in [1.82, 2.24) is 39.7 Å². The number of rotatable bonds is 8. The van der Waals surface area contributed by atoms with E-state index in [0.29, 0.717) is 18.1 Å². The molecule has 0 saturated carbocycles. The molecule has 0 atom stereocenters. The predicted octanol–water partition coefficient (Wildman–Crippen LogP) is 10.7. The molecule has 5 aromatic carbocycles. The first-order chi connectivity index (χ1) is 26.3. The molecular weight excluding hydrogens is 713 g/mol. The largest absolute Gasteiger partial charge is 0.362 e. The number of fused-ring (bicyclic) bond motifs is 2. The molecule has 3 N–H and O–H groups in total. The van der Waals surface area contributed by atoms with E-state index in [1.807, 2.05) is 114 Å². The highest BCUT2D eigenvalue weighted by molar-refractivity contribution is 6.34. The van der Waals surface area contributed by atoms with Gasteiger partial charge >= 0.3 is 0 Å². The first-order valence-corrected chi connectivity index (χ1v) is 18.4. The zero-order valence-corrected chi connectivity index (χ0v) is 31.5. The van der Waals surface area contributed by atoms with Crippen LogP contribution in [0.3, 0.4) is 0 Å². The average molecular weight is 751 g/mol. The molecule has 0 radical (unpaired) electrons. The van der Waals surface area contributed by atoms with Gasteiger partial charge in [-0.05, 0) is 68.3 Å². The molecule has 0 unspecified atom stereocenters. The lowest BCUT2D eigenvalue weighted by Crippen LogP contribution is -2.04. The first kappa shape index (κ1) is 34.9. The van der Waals surface area contributed by atoms with Gasteiger partial charge in [0, 0.05) is 33.2 Å². The Morgan fingerprint density at radius 2 is 1.39 bits per heavy atom. The maximum absolute atomic E-state index is 6.66. The van der Waals surface area contributed by atoms with Crippen molar-refractivity contribution in [3.63, 3.8) is 0 Å².